The molecule has 7 nitrogen and oxygen atoms in total. The molecule has 31 heavy (non-hydrogen) atoms. The minimum absolute atomic E-state index is 0.210. The van der Waals surface area contributed by atoms with Crippen molar-refractivity contribution in [3.8, 4) is 11.4 Å². The van der Waals surface area contributed by atoms with Crippen molar-refractivity contribution in [2.24, 2.45) is 0 Å². The van der Waals surface area contributed by atoms with E-state index >= 15 is 0 Å². The molecule has 0 amide bonds. The van der Waals surface area contributed by atoms with Crippen molar-refractivity contribution in [2.45, 2.75) is 37.1 Å². The first-order chi connectivity index (χ1) is 15.0. The zero-order chi connectivity index (χ0) is 22.0. The Morgan fingerprint density at radius 3 is 2.81 bits per heavy atom. The summed E-state index contributed by atoms with van der Waals surface area (Å²) in [5.74, 6) is 1.73. The number of rotatable bonds is 7. The Bertz CT molecular complexity index is 1290. The standard InChI is InChI=1S/C22H21ClN4O3S/c1-4-7-19-25-20(30-26-19)13(2)31-22-24-16-12-14(23)10-11-15(16)21(28)27(22)17-8-5-6-9-18(17)29-3/h5-6,8-13H,4,7H2,1-3H3. The van der Waals surface area contributed by atoms with Gasteiger partial charge < -0.3 is 9.26 Å². The number of hydrogen-bond donors (Lipinski definition) is 0. The van der Waals surface area contributed by atoms with Crippen molar-refractivity contribution in [3.05, 3.63) is 69.6 Å². The highest BCUT2D eigenvalue weighted by Crippen LogP contribution is 2.35. The first-order valence-corrected chi connectivity index (χ1v) is 11.1. The lowest BCUT2D eigenvalue weighted by atomic mass is 10.2. The molecule has 0 spiro atoms. The van der Waals surface area contributed by atoms with Crippen LogP contribution >= 0.6 is 23.4 Å². The molecule has 0 saturated heterocycles. The summed E-state index contributed by atoms with van der Waals surface area (Å²) in [5.41, 5.74) is 0.917. The smallest absolute Gasteiger partial charge is 0.266 e. The summed E-state index contributed by atoms with van der Waals surface area (Å²) < 4.78 is 12.5. The molecule has 1 atom stereocenters. The average molecular weight is 457 g/mol. The number of fused-ring (bicyclic) bond motifs is 1. The fourth-order valence-electron chi connectivity index (χ4n) is 3.21. The molecule has 0 aliphatic rings. The van der Waals surface area contributed by atoms with Gasteiger partial charge in [0.1, 0.15) is 5.75 Å². The van der Waals surface area contributed by atoms with Crippen LogP contribution in [-0.2, 0) is 6.42 Å². The van der Waals surface area contributed by atoms with Gasteiger partial charge in [0.05, 0.1) is 29.0 Å². The first kappa shape index (κ1) is 21.4. The molecule has 0 bridgehead atoms. The second-order valence-corrected chi connectivity index (χ2v) is 8.67. The summed E-state index contributed by atoms with van der Waals surface area (Å²) in [6.45, 7) is 4.00. The van der Waals surface area contributed by atoms with E-state index < -0.39 is 0 Å². The van der Waals surface area contributed by atoms with Gasteiger partial charge in [-0.15, -0.1) is 0 Å². The maximum absolute atomic E-state index is 13.5. The van der Waals surface area contributed by atoms with E-state index in [2.05, 4.69) is 17.1 Å². The number of aromatic nitrogens is 4. The predicted octanol–water partition coefficient (Wildman–Crippen LogP) is 5.24. The minimum Gasteiger partial charge on any atom is -0.495 e. The van der Waals surface area contributed by atoms with Gasteiger partial charge >= 0.3 is 0 Å². The fraction of sp³-hybridized carbons (Fsp3) is 0.273. The van der Waals surface area contributed by atoms with E-state index in [1.165, 1.54) is 11.8 Å². The molecule has 4 rings (SSSR count). The van der Waals surface area contributed by atoms with Crippen LogP contribution in [0.1, 0.15) is 37.2 Å². The molecule has 160 valence electrons. The van der Waals surface area contributed by atoms with Gasteiger partial charge in [-0.2, -0.15) is 4.98 Å². The number of benzene rings is 2. The Hall–Kier alpha value is -2.84. The van der Waals surface area contributed by atoms with Gasteiger partial charge in [0, 0.05) is 11.4 Å². The van der Waals surface area contributed by atoms with Crippen LogP contribution in [0, 0.1) is 0 Å². The summed E-state index contributed by atoms with van der Waals surface area (Å²) in [6, 6.07) is 12.4. The molecular formula is C22H21ClN4O3S. The molecule has 9 heteroatoms. The van der Waals surface area contributed by atoms with Crippen LogP contribution in [0.5, 0.6) is 5.75 Å². The first-order valence-electron chi connectivity index (χ1n) is 9.86. The number of thioether (sulfide) groups is 1. The molecule has 1 unspecified atom stereocenters. The Labute approximate surface area is 188 Å². The maximum atomic E-state index is 13.5. The van der Waals surface area contributed by atoms with Crippen molar-refractivity contribution in [3.63, 3.8) is 0 Å². The highest BCUT2D eigenvalue weighted by molar-refractivity contribution is 7.99. The van der Waals surface area contributed by atoms with Crippen molar-refractivity contribution >= 4 is 34.3 Å². The van der Waals surface area contributed by atoms with Gasteiger partial charge in [-0.05, 0) is 43.7 Å². The summed E-state index contributed by atoms with van der Waals surface area (Å²) in [4.78, 5) is 22.7. The zero-order valence-corrected chi connectivity index (χ0v) is 18.9. The lowest BCUT2D eigenvalue weighted by molar-refractivity contribution is 0.374. The van der Waals surface area contributed by atoms with Crippen molar-refractivity contribution in [1.29, 1.82) is 0 Å². The molecule has 2 heterocycles. The van der Waals surface area contributed by atoms with E-state index in [9.17, 15) is 4.79 Å². The number of halogens is 1. The molecular weight excluding hydrogens is 436 g/mol. The Morgan fingerprint density at radius 2 is 2.03 bits per heavy atom. The Morgan fingerprint density at radius 1 is 1.23 bits per heavy atom. The van der Waals surface area contributed by atoms with E-state index in [4.69, 9.17) is 25.8 Å². The minimum atomic E-state index is -0.220. The number of ether oxygens (including phenoxy) is 1. The molecule has 2 aromatic carbocycles. The summed E-state index contributed by atoms with van der Waals surface area (Å²) >= 11 is 7.51. The number of methoxy groups -OCH3 is 1. The Kier molecular flexibility index (Phi) is 6.29. The van der Waals surface area contributed by atoms with Gasteiger partial charge in [-0.25, -0.2) is 4.98 Å². The lowest BCUT2D eigenvalue weighted by Gasteiger charge is -2.17. The van der Waals surface area contributed by atoms with Crippen LogP contribution < -0.4 is 10.3 Å². The molecule has 0 fully saturated rings. The molecule has 2 aromatic heterocycles. The molecule has 0 radical (unpaired) electrons. The van der Waals surface area contributed by atoms with E-state index in [1.54, 1.807) is 35.9 Å². The van der Waals surface area contributed by atoms with E-state index in [-0.39, 0.29) is 10.8 Å². The quantitative estimate of drug-likeness (QED) is 0.278. The normalized spacial score (nSPS) is 12.3. The van der Waals surface area contributed by atoms with Crippen LogP contribution in [0.3, 0.4) is 0 Å². The van der Waals surface area contributed by atoms with Crippen LogP contribution in [-0.4, -0.2) is 26.8 Å². The number of hydrogen-bond acceptors (Lipinski definition) is 7. The van der Waals surface area contributed by atoms with Crippen LogP contribution in [0.2, 0.25) is 5.02 Å². The molecule has 4 aromatic rings. The van der Waals surface area contributed by atoms with E-state index in [1.807, 2.05) is 25.1 Å². The van der Waals surface area contributed by atoms with Gasteiger partial charge in [-0.3, -0.25) is 9.36 Å². The zero-order valence-electron chi connectivity index (χ0n) is 17.3. The summed E-state index contributed by atoms with van der Waals surface area (Å²) in [7, 11) is 1.57. The predicted molar refractivity (Wildman–Crippen MR) is 121 cm³/mol. The Balaban J connectivity index is 1.86. The third-order valence-electron chi connectivity index (χ3n) is 4.71. The highest BCUT2D eigenvalue weighted by atomic mass is 35.5. The van der Waals surface area contributed by atoms with Gasteiger partial charge in [0.15, 0.2) is 11.0 Å². The number of para-hydroxylation sites is 2. The third-order valence-corrected chi connectivity index (χ3v) is 5.99. The molecule has 0 N–H and O–H groups in total. The van der Waals surface area contributed by atoms with Crippen LogP contribution in [0.25, 0.3) is 16.6 Å². The third kappa shape index (κ3) is 4.31. The van der Waals surface area contributed by atoms with Crippen molar-refractivity contribution in [1.82, 2.24) is 19.7 Å². The van der Waals surface area contributed by atoms with Crippen LogP contribution in [0.4, 0.5) is 0 Å². The second kappa shape index (κ2) is 9.11. The van der Waals surface area contributed by atoms with Crippen molar-refractivity contribution < 1.29 is 9.26 Å². The number of nitrogens with zero attached hydrogens (tertiary/aromatic N) is 4. The monoisotopic (exact) mass is 456 g/mol. The number of aryl methyl sites for hydroxylation is 1. The van der Waals surface area contributed by atoms with Crippen LogP contribution in [0.15, 0.2) is 56.9 Å². The van der Waals surface area contributed by atoms with Gasteiger partial charge in [0.25, 0.3) is 5.56 Å². The molecule has 0 aliphatic heterocycles. The topological polar surface area (TPSA) is 83.0 Å². The molecule has 0 aliphatic carbocycles. The van der Waals surface area contributed by atoms with Gasteiger partial charge in [0.2, 0.25) is 5.89 Å². The SMILES string of the molecule is CCCc1noc(C(C)Sc2nc3cc(Cl)ccc3c(=O)n2-c2ccccc2OC)n1. The fourth-order valence-corrected chi connectivity index (χ4v) is 4.33. The lowest BCUT2D eigenvalue weighted by Crippen LogP contribution is -2.22. The second-order valence-electron chi connectivity index (χ2n) is 6.93. The molecule has 0 saturated carbocycles. The summed E-state index contributed by atoms with van der Waals surface area (Å²) in [6.07, 6.45) is 1.68. The van der Waals surface area contributed by atoms with Gasteiger partial charge in [-0.1, -0.05) is 47.6 Å². The largest absolute Gasteiger partial charge is 0.495 e. The average Bonchev–Trinajstić information content (AvgIpc) is 3.23. The van der Waals surface area contributed by atoms with E-state index in [0.29, 0.717) is 44.2 Å². The van der Waals surface area contributed by atoms with Crippen molar-refractivity contribution in [2.75, 3.05) is 7.11 Å². The van der Waals surface area contributed by atoms with E-state index in [0.717, 1.165) is 12.8 Å². The maximum Gasteiger partial charge on any atom is 0.266 e. The highest BCUT2D eigenvalue weighted by Gasteiger charge is 2.22. The summed E-state index contributed by atoms with van der Waals surface area (Å²) in [5, 5.41) is 5.27.